The summed E-state index contributed by atoms with van der Waals surface area (Å²) >= 11 is 0. The van der Waals surface area contributed by atoms with Crippen LogP contribution in [0.15, 0.2) is 47.5 Å². The van der Waals surface area contributed by atoms with E-state index in [1.165, 1.54) is 30.6 Å². The van der Waals surface area contributed by atoms with Gasteiger partial charge in [-0.05, 0) is 29.8 Å². The highest BCUT2D eigenvalue weighted by Gasteiger charge is 2.38. The van der Waals surface area contributed by atoms with E-state index in [1.807, 2.05) is 0 Å². The monoisotopic (exact) mass is 404 g/mol. The molecule has 7 nitrogen and oxygen atoms in total. The molecule has 2 N–H and O–H groups in total. The Morgan fingerprint density at radius 2 is 1.93 bits per heavy atom. The van der Waals surface area contributed by atoms with Crippen LogP contribution in [0.1, 0.15) is 29.0 Å². The average Bonchev–Trinajstić information content (AvgIpc) is 3.18. The summed E-state index contributed by atoms with van der Waals surface area (Å²) in [7, 11) is 5.72. The number of aryl methyl sites for hydroxylation is 1. The second-order valence-corrected chi connectivity index (χ2v) is 7.10. The van der Waals surface area contributed by atoms with Crippen LogP contribution in [0.4, 0.5) is 14.5 Å². The smallest absolute Gasteiger partial charge is 0.272 e. The minimum absolute atomic E-state index is 0.190. The zero-order valence-corrected chi connectivity index (χ0v) is 15.6. The molecule has 3 heterocycles. The Balaban J connectivity index is 1.80. The fraction of sp³-hybridized carbons (Fsp3) is 0.200. The van der Waals surface area contributed by atoms with Crippen molar-refractivity contribution in [3.05, 3.63) is 81.8 Å². The van der Waals surface area contributed by atoms with Crippen LogP contribution in [-0.2, 0) is 6.54 Å². The van der Waals surface area contributed by atoms with Crippen molar-refractivity contribution in [3.8, 4) is 0 Å². The van der Waals surface area contributed by atoms with Gasteiger partial charge in [0.2, 0.25) is 0 Å². The highest BCUT2D eigenvalue weighted by molar-refractivity contribution is 6.08. The lowest BCUT2D eigenvalue weighted by Gasteiger charge is -2.34. The fourth-order valence-electron chi connectivity index (χ4n) is 4.06. The molecule has 30 heavy (non-hydrogen) atoms. The van der Waals surface area contributed by atoms with Gasteiger partial charge < -0.3 is 5.32 Å². The number of aromatic amines is 1. The maximum absolute atomic E-state index is 14.2. The largest absolute Gasteiger partial charge is 0.376 e. The Kier molecular flexibility index (Phi) is 4.34. The number of nitrogens with zero attached hydrogens (tertiary/aromatic N) is 4. The van der Waals surface area contributed by atoms with Gasteiger partial charge in [-0.1, -0.05) is 18.5 Å². The van der Waals surface area contributed by atoms with Crippen LogP contribution in [0.3, 0.4) is 0 Å². The minimum atomic E-state index is -0.546. The Morgan fingerprint density at radius 1 is 1.13 bits per heavy atom. The number of H-pyrrole nitrogens is 1. The molecule has 2 aromatic carbocycles. The van der Waals surface area contributed by atoms with Crippen LogP contribution < -0.4 is 10.9 Å². The molecule has 2 aromatic heterocycles. The number of nitrogens with one attached hydrogen (secondary N) is 2. The number of hydrogen-bond donors (Lipinski definition) is 2. The van der Waals surface area contributed by atoms with E-state index < -0.39 is 23.3 Å². The van der Waals surface area contributed by atoms with Gasteiger partial charge in [-0.25, -0.2) is 18.9 Å². The maximum Gasteiger partial charge on any atom is 0.272 e. The number of anilines is 1. The molecule has 4 aromatic rings. The molecule has 0 saturated heterocycles. The summed E-state index contributed by atoms with van der Waals surface area (Å²) in [5, 5.41) is 15.0. The summed E-state index contributed by atoms with van der Waals surface area (Å²) in [6, 6.07) is 8.07. The SMILES string of the molecule is [B]CCn1ncnc1[C@H]1c2n[nH]c(=O)c3cc(F)cc(c23)NC1c1ccc(F)cc1. The zero-order chi connectivity index (χ0) is 20.8. The quantitative estimate of drug-likeness (QED) is 0.511. The van der Waals surface area contributed by atoms with Crippen molar-refractivity contribution in [2.75, 3.05) is 5.32 Å². The molecule has 0 amide bonds. The van der Waals surface area contributed by atoms with Crippen LogP contribution in [0.5, 0.6) is 0 Å². The minimum Gasteiger partial charge on any atom is -0.376 e. The number of halogens is 2. The molecule has 1 aliphatic heterocycles. The van der Waals surface area contributed by atoms with E-state index >= 15 is 0 Å². The van der Waals surface area contributed by atoms with Crippen molar-refractivity contribution in [1.82, 2.24) is 25.0 Å². The van der Waals surface area contributed by atoms with Crippen molar-refractivity contribution in [2.24, 2.45) is 0 Å². The predicted octanol–water partition coefficient (Wildman–Crippen LogP) is 2.68. The summed E-state index contributed by atoms with van der Waals surface area (Å²) in [5.74, 6) is -0.816. The molecule has 1 aliphatic rings. The molecular formula is C20H15BF2N6O. The molecule has 2 atom stereocenters. The first kappa shape index (κ1) is 18.5. The third-order valence-electron chi connectivity index (χ3n) is 5.31. The number of rotatable bonds is 4. The predicted molar refractivity (Wildman–Crippen MR) is 108 cm³/mol. The lowest BCUT2D eigenvalue weighted by atomic mass is 9.83. The summed E-state index contributed by atoms with van der Waals surface area (Å²) in [5.41, 5.74) is 1.23. The van der Waals surface area contributed by atoms with E-state index in [0.717, 1.165) is 5.56 Å². The van der Waals surface area contributed by atoms with Crippen molar-refractivity contribution in [1.29, 1.82) is 0 Å². The van der Waals surface area contributed by atoms with Gasteiger partial charge in [0, 0.05) is 17.6 Å². The molecule has 0 bridgehead atoms. The average molecular weight is 404 g/mol. The van der Waals surface area contributed by atoms with E-state index in [0.29, 0.717) is 35.5 Å². The standard InChI is InChI=1S/C20H15BF2N6O/c21-5-6-29-19(24-9-25-29)16-17(10-1-3-11(22)4-2-10)26-14-8-12(23)7-13-15(14)18(16)27-28-20(13)30/h1-4,7-9,16-17,26H,5-6H2,(H,28,30)/t16-,17?/m1/s1. The zero-order valence-electron chi connectivity index (χ0n) is 15.6. The van der Waals surface area contributed by atoms with Gasteiger partial charge >= 0.3 is 0 Å². The van der Waals surface area contributed by atoms with Gasteiger partial charge in [-0.15, -0.1) is 0 Å². The second-order valence-electron chi connectivity index (χ2n) is 7.10. The first-order valence-corrected chi connectivity index (χ1v) is 9.38. The lowest BCUT2D eigenvalue weighted by Crippen LogP contribution is -2.30. The first-order chi connectivity index (χ1) is 14.6. The van der Waals surface area contributed by atoms with E-state index in [-0.39, 0.29) is 11.2 Å². The summed E-state index contributed by atoms with van der Waals surface area (Å²) in [6.07, 6.45) is 1.78. The van der Waals surface area contributed by atoms with Crippen LogP contribution in [0, 0.1) is 11.6 Å². The second kappa shape index (κ2) is 7.05. The van der Waals surface area contributed by atoms with Gasteiger partial charge in [0.15, 0.2) is 0 Å². The van der Waals surface area contributed by atoms with Crippen LogP contribution in [0.25, 0.3) is 10.8 Å². The van der Waals surface area contributed by atoms with E-state index in [1.54, 1.807) is 16.8 Å². The Morgan fingerprint density at radius 3 is 2.70 bits per heavy atom. The fourth-order valence-corrected chi connectivity index (χ4v) is 4.06. The van der Waals surface area contributed by atoms with Gasteiger partial charge in [0.05, 0.1) is 30.9 Å². The highest BCUT2D eigenvalue weighted by Crippen LogP contribution is 2.45. The molecule has 148 valence electrons. The van der Waals surface area contributed by atoms with Crippen LogP contribution >= 0.6 is 0 Å². The summed E-state index contributed by atoms with van der Waals surface area (Å²) in [6.45, 7) is 0.435. The number of aromatic nitrogens is 5. The third kappa shape index (κ3) is 2.87. The van der Waals surface area contributed by atoms with Gasteiger partial charge in [-0.3, -0.25) is 9.48 Å². The van der Waals surface area contributed by atoms with Gasteiger partial charge in [-0.2, -0.15) is 10.2 Å². The van der Waals surface area contributed by atoms with E-state index in [2.05, 4.69) is 25.6 Å². The maximum atomic E-state index is 14.2. The Bertz CT molecular complexity index is 1300. The molecule has 0 saturated carbocycles. The van der Waals surface area contributed by atoms with Crippen molar-refractivity contribution in [3.63, 3.8) is 0 Å². The van der Waals surface area contributed by atoms with Gasteiger partial charge in [0.25, 0.3) is 5.56 Å². The Hall–Kier alpha value is -3.56. The molecule has 5 rings (SSSR count). The van der Waals surface area contributed by atoms with E-state index in [9.17, 15) is 13.6 Å². The number of benzene rings is 2. The van der Waals surface area contributed by atoms with Crippen LogP contribution in [-0.4, -0.2) is 32.8 Å². The third-order valence-corrected chi connectivity index (χ3v) is 5.31. The van der Waals surface area contributed by atoms with E-state index in [4.69, 9.17) is 7.85 Å². The molecule has 0 aliphatic carbocycles. The van der Waals surface area contributed by atoms with Gasteiger partial charge in [0.1, 0.15) is 23.8 Å². The Labute approximate surface area is 170 Å². The van der Waals surface area contributed by atoms with Crippen LogP contribution in [0.2, 0.25) is 6.32 Å². The molecule has 2 radical (unpaired) electrons. The molecule has 10 heteroatoms. The summed E-state index contributed by atoms with van der Waals surface area (Å²) < 4.78 is 29.5. The van der Waals surface area contributed by atoms with Crippen molar-refractivity contribution in [2.45, 2.75) is 24.8 Å². The summed E-state index contributed by atoms with van der Waals surface area (Å²) in [4.78, 5) is 16.8. The van der Waals surface area contributed by atoms with Crippen molar-refractivity contribution >= 4 is 24.3 Å². The lowest BCUT2D eigenvalue weighted by molar-refractivity contribution is 0.534. The molecule has 1 unspecified atom stereocenters. The highest BCUT2D eigenvalue weighted by atomic mass is 19.1. The van der Waals surface area contributed by atoms with Crippen molar-refractivity contribution < 1.29 is 8.78 Å². The topological polar surface area (TPSA) is 88.5 Å². The molecule has 0 fully saturated rings. The number of hydrogen-bond acceptors (Lipinski definition) is 5. The normalized spacial score (nSPS) is 17.8. The first-order valence-electron chi connectivity index (χ1n) is 9.38. The molecule has 0 spiro atoms. The molecular weight excluding hydrogens is 389 g/mol.